The lowest BCUT2D eigenvalue weighted by atomic mass is 10.2. The normalized spacial score (nSPS) is 16.1. The van der Waals surface area contributed by atoms with Gasteiger partial charge < -0.3 is 4.90 Å². The zero-order valence-electron chi connectivity index (χ0n) is 12.7. The number of halogens is 1. The monoisotopic (exact) mass is 391 g/mol. The molecule has 1 saturated heterocycles. The van der Waals surface area contributed by atoms with Gasteiger partial charge in [0.25, 0.3) is 0 Å². The first kappa shape index (κ1) is 16.4. The van der Waals surface area contributed by atoms with Crippen molar-refractivity contribution in [2.45, 2.75) is 6.54 Å². The molecule has 2 aromatic rings. The Labute approximate surface area is 148 Å². The van der Waals surface area contributed by atoms with Crippen molar-refractivity contribution in [1.82, 2.24) is 14.8 Å². The molecule has 0 saturated carbocycles. The van der Waals surface area contributed by atoms with Crippen molar-refractivity contribution in [3.05, 3.63) is 57.0 Å². The van der Waals surface area contributed by atoms with Crippen LogP contribution in [0.2, 0.25) is 0 Å². The van der Waals surface area contributed by atoms with E-state index in [1.165, 1.54) is 0 Å². The number of hydrogen-bond donors (Lipinski definition) is 0. The third kappa shape index (κ3) is 4.73. The van der Waals surface area contributed by atoms with Gasteiger partial charge in [0.1, 0.15) is 0 Å². The van der Waals surface area contributed by atoms with E-state index in [0.29, 0.717) is 0 Å². The summed E-state index contributed by atoms with van der Waals surface area (Å²) in [5, 5.41) is 0. The Morgan fingerprint density at radius 2 is 2.04 bits per heavy atom. The summed E-state index contributed by atoms with van der Waals surface area (Å²) in [5.41, 5.74) is 1.08. The Morgan fingerprint density at radius 1 is 1.22 bits per heavy atom. The van der Waals surface area contributed by atoms with E-state index in [0.717, 1.165) is 47.1 Å². The van der Waals surface area contributed by atoms with Crippen LogP contribution in [0.1, 0.15) is 10.6 Å². The van der Waals surface area contributed by atoms with E-state index in [2.05, 4.69) is 25.8 Å². The second kappa shape index (κ2) is 7.86. The molecule has 3 heterocycles. The molecule has 2 aromatic heterocycles. The van der Waals surface area contributed by atoms with Crippen molar-refractivity contribution in [1.29, 1.82) is 0 Å². The zero-order valence-corrected chi connectivity index (χ0v) is 15.1. The van der Waals surface area contributed by atoms with Gasteiger partial charge >= 0.3 is 0 Å². The van der Waals surface area contributed by atoms with Crippen LogP contribution in [0.5, 0.6) is 0 Å². The SMILES string of the molecule is O=C(/C=C/c1ccc(Br)s1)N1CCN(Cc2ccccn2)CC1. The third-order valence-electron chi connectivity index (χ3n) is 3.78. The molecule has 0 spiro atoms. The van der Waals surface area contributed by atoms with Gasteiger partial charge in [0, 0.05) is 49.9 Å². The second-order valence-corrected chi connectivity index (χ2v) is 7.89. The molecule has 0 unspecified atom stereocenters. The fraction of sp³-hybridized carbons (Fsp3) is 0.294. The number of nitrogens with zero attached hydrogens (tertiary/aromatic N) is 3. The van der Waals surface area contributed by atoms with Gasteiger partial charge in [-0.15, -0.1) is 11.3 Å². The molecular weight excluding hydrogens is 374 g/mol. The summed E-state index contributed by atoms with van der Waals surface area (Å²) in [6.45, 7) is 4.16. The number of piperazine rings is 1. The van der Waals surface area contributed by atoms with E-state index in [-0.39, 0.29) is 5.91 Å². The first-order chi connectivity index (χ1) is 11.2. The first-order valence-electron chi connectivity index (χ1n) is 7.55. The van der Waals surface area contributed by atoms with Gasteiger partial charge in [-0.05, 0) is 46.3 Å². The minimum atomic E-state index is 0.0898. The first-order valence-corrected chi connectivity index (χ1v) is 9.16. The van der Waals surface area contributed by atoms with Crippen LogP contribution in [0, 0.1) is 0 Å². The van der Waals surface area contributed by atoms with Crippen LogP contribution in [0.4, 0.5) is 0 Å². The van der Waals surface area contributed by atoms with E-state index in [4.69, 9.17) is 0 Å². The van der Waals surface area contributed by atoms with E-state index < -0.39 is 0 Å². The number of thiophene rings is 1. The number of amides is 1. The molecule has 1 aliphatic rings. The number of rotatable bonds is 4. The highest BCUT2D eigenvalue weighted by Crippen LogP contribution is 2.23. The van der Waals surface area contributed by atoms with Gasteiger partial charge in [0.2, 0.25) is 5.91 Å². The summed E-state index contributed by atoms with van der Waals surface area (Å²) in [7, 11) is 0. The molecule has 0 radical (unpaired) electrons. The number of carbonyl (C=O) groups is 1. The summed E-state index contributed by atoms with van der Waals surface area (Å²) in [6.07, 6.45) is 5.38. The zero-order chi connectivity index (χ0) is 16.1. The summed E-state index contributed by atoms with van der Waals surface area (Å²) in [4.78, 5) is 21.9. The van der Waals surface area contributed by atoms with Crippen molar-refractivity contribution in [2.75, 3.05) is 26.2 Å². The maximum atomic E-state index is 12.2. The highest BCUT2D eigenvalue weighted by Gasteiger charge is 2.19. The predicted molar refractivity (Wildman–Crippen MR) is 97.1 cm³/mol. The number of carbonyl (C=O) groups excluding carboxylic acids is 1. The van der Waals surface area contributed by atoms with Crippen LogP contribution in [0.15, 0.2) is 46.4 Å². The Bertz CT molecular complexity index is 678. The largest absolute Gasteiger partial charge is 0.337 e. The summed E-state index contributed by atoms with van der Waals surface area (Å²) in [6, 6.07) is 9.97. The maximum Gasteiger partial charge on any atom is 0.246 e. The van der Waals surface area contributed by atoms with Gasteiger partial charge in [0.15, 0.2) is 0 Å². The predicted octanol–water partition coefficient (Wildman–Crippen LogP) is 3.26. The summed E-state index contributed by atoms with van der Waals surface area (Å²) < 4.78 is 1.08. The maximum absolute atomic E-state index is 12.2. The van der Waals surface area contributed by atoms with Crippen LogP contribution < -0.4 is 0 Å². The average molecular weight is 392 g/mol. The Hall–Kier alpha value is -1.50. The highest BCUT2D eigenvalue weighted by molar-refractivity contribution is 9.11. The summed E-state index contributed by atoms with van der Waals surface area (Å²) in [5.74, 6) is 0.0898. The molecule has 0 aromatic carbocycles. The number of hydrogen-bond acceptors (Lipinski definition) is 4. The molecule has 0 aliphatic carbocycles. The van der Waals surface area contributed by atoms with E-state index in [9.17, 15) is 4.79 Å². The Morgan fingerprint density at radius 3 is 2.70 bits per heavy atom. The number of pyridine rings is 1. The van der Waals surface area contributed by atoms with Crippen molar-refractivity contribution in [3.8, 4) is 0 Å². The van der Waals surface area contributed by atoms with Crippen molar-refractivity contribution >= 4 is 39.2 Å². The Balaban J connectivity index is 1.48. The smallest absolute Gasteiger partial charge is 0.246 e. The van der Waals surface area contributed by atoms with Crippen LogP contribution in [-0.4, -0.2) is 46.9 Å². The second-order valence-electron chi connectivity index (χ2n) is 5.40. The van der Waals surface area contributed by atoms with Crippen molar-refractivity contribution < 1.29 is 4.79 Å². The quantitative estimate of drug-likeness (QED) is 0.750. The molecule has 1 fully saturated rings. The molecule has 6 heteroatoms. The Kier molecular flexibility index (Phi) is 5.59. The third-order valence-corrected chi connectivity index (χ3v) is 5.37. The molecule has 23 heavy (non-hydrogen) atoms. The topological polar surface area (TPSA) is 36.4 Å². The van der Waals surface area contributed by atoms with Crippen LogP contribution in [0.3, 0.4) is 0 Å². The van der Waals surface area contributed by atoms with Crippen LogP contribution in [-0.2, 0) is 11.3 Å². The highest BCUT2D eigenvalue weighted by atomic mass is 79.9. The molecular formula is C17H18BrN3OS. The van der Waals surface area contributed by atoms with E-state index in [1.807, 2.05) is 47.5 Å². The molecule has 4 nitrogen and oxygen atoms in total. The van der Waals surface area contributed by atoms with Crippen LogP contribution >= 0.6 is 27.3 Å². The minimum absolute atomic E-state index is 0.0898. The van der Waals surface area contributed by atoms with E-state index >= 15 is 0 Å². The van der Waals surface area contributed by atoms with Crippen molar-refractivity contribution in [3.63, 3.8) is 0 Å². The molecule has 0 atom stereocenters. The van der Waals surface area contributed by atoms with Gasteiger partial charge in [-0.3, -0.25) is 14.7 Å². The molecule has 3 rings (SSSR count). The lowest BCUT2D eigenvalue weighted by Crippen LogP contribution is -2.47. The molecule has 120 valence electrons. The number of aromatic nitrogens is 1. The lowest BCUT2D eigenvalue weighted by Gasteiger charge is -2.34. The summed E-state index contributed by atoms with van der Waals surface area (Å²) >= 11 is 5.05. The average Bonchev–Trinajstić information content (AvgIpc) is 3.00. The molecule has 0 N–H and O–H groups in total. The van der Waals surface area contributed by atoms with Gasteiger partial charge in [-0.1, -0.05) is 6.07 Å². The van der Waals surface area contributed by atoms with Crippen molar-refractivity contribution in [2.24, 2.45) is 0 Å². The van der Waals surface area contributed by atoms with Crippen LogP contribution in [0.25, 0.3) is 6.08 Å². The molecule has 1 amide bonds. The van der Waals surface area contributed by atoms with Gasteiger partial charge in [-0.2, -0.15) is 0 Å². The van der Waals surface area contributed by atoms with E-state index in [1.54, 1.807) is 17.4 Å². The van der Waals surface area contributed by atoms with Gasteiger partial charge in [0.05, 0.1) is 9.48 Å². The lowest BCUT2D eigenvalue weighted by molar-refractivity contribution is -0.127. The molecule has 0 bridgehead atoms. The molecule has 1 aliphatic heterocycles. The van der Waals surface area contributed by atoms with Gasteiger partial charge in [-0.25, -0.2) is 0 Å². The standard InChI is InChI=1S/C17H18BrN3OS/c18-16-6-4-15(23-16)5-7-17(22)21-11-9-20(10-12-21)13-14-3-1-2-8-19-14/h1-8H,9-13H2/b7-5+. The fourth-order valence-corrected chi connectivity index (χ4v) is 3.85. The minimum Gasteiger partial charge on any atom is -0.337 e. The fourth-order valence-electron chi connectivity index (χ4n) is 2.52.